The van der Waals surface area contributed by atoms with Crippen LogP contribution in [0.15, 0.2) is 18.2 Å². The predicted octanol–water partition coefficient (Wildman–Crippen LogP) is 1.81. The first-order valence-electron chi connectivity index (χ1n) is 5.32. The van der Waals surface area contributed by atoms with E-state index in [2.05, 4.69) is 22.6 Å². The monoisotopic (exact) mass is 331 g/mol. The minimum atomic E-state index is -0.355. The molecule has 1 aliphatic rings. The molecule has 0 aromatic heterocycles. The Morgan fingerprint density at radius 1 is 1.56 bits per heavy atom. The van der Waals surface area contributed by atoms with Crippen molar-refractivity contribution in [1.29, 1.82) is 0 Å². The summed E-state index contributed by atoms with van der Waals surface area (Å²) in [6.45, 7) is 3.12. The van der Waals surface area contributed by atoms with Gasteiger partial charge in [0.1, 0.15) is 0 Å². The van der Waals surface area contributed by atoms with Crippen molar-refractivity contribution < 1.29 is 9.90 Å². The number of halogens is 1. The number of hydrogen-bond donors (Lipinski definition) is 1. The largest absolute Gasteiger partial charge is 0.391 e. The molecule has 1 amide bonds. The summed E-state index contributed by atoms with van der Waals surface area (Å²) in [5.41, 5.74) is 1.86. The Labute approximate surface area is 109 Å². The number of hydrogen-bond acceptors (Lipinski definition) is 2. The van der Waals surface area contributed by atoms with Crippen molar-refractivity contribution in [3.63, 3.8) is 0 Å². The number of nitrogens with zero attached hydrogens (tertiary/aromatic N) is 1. The second-order valence-electron chi connectivity index (χ2n) is 4.13. The molecule has 86 valence electrons. The Hall–Kier alpha value is -0.620. The third-order valence-electron chi connectivity index (χ3n) is 2.87. The standard InChI is InChI=1S/C12H14INO2/c1-8-3-2-4-10(11(8)13)12(16)14-6-5-9(15)7-14/h2-4,9,15H,5-7H2,1H3/t9-/m0/s1. The zero-order valence-corrected chi connectivity index (χ0v) is 11.3. The number of carbonyl (C=O) groups excluding carboxylic acids is 1. The summed E-state index contributed by atoms with van der Waals surface area (Å²) in [5, 5.41) is 9.42. The molecule has 0 bridgehead atoms. The van der Waals surface area contributed by atoms with Crippen molar-refractivity contribution in [3.05, 3.63) is 32.9 Å². The van der Waals surface area contributed by atoms with Crippen LogP contribution < -0.4 is 0 Å². The van der Waals surface area contributed by atoms with Crippen LogP contribution in [0.4, 0.5) is 0 Å². The van der Waals surface area contributed by atoms with Crippen molar-refractivity contribution in [3.8, 4) is 0 Å². The molecule has 3 nitrogen and oxygen atoms in total. The highest BCUT2D eigenvalue weighted by atomic mass is 127. The van der Waals surface area contributed by atoms with Gasteiger partial charge in [-0.2, -0.15) is 0 Å². The van der Waals surface area contributed by atoms with Crippen LogP contribution in [0, 0.1) is 10.5 Å². The van der Waals surface area contributed by atoms with E-state index in [4.69, 9.17) is 0 Å². The number of aliphatic hydroxyl groups excluding tert-OH is 1. The van der Waals surface area contributed by atoms with Crippen LogP contribution in [0.2, 0.25) is 0 Å². The molecule has 0 radical (unpaired) electrons. The first-order valence-corrected chi connectivity index (χ1v) is 6.40. The van der Waals surface area contributed by atoms with E-state index in [0.29, 0.717) is 19.5 Å². The molecule has 1 fully saturated rings. The minimum absolute atomic E-state index is 0.0321. The second-order valence-corrected chi connectivity index (χ2v) is 5.21. The molecule has 1 aromatic carbocycles. The van der Waals surface area contributed by atoms with Crippen molar-refractivity contribution in [2.75, 3.05) is 13.1 Å². The highest BCUT2D eigenvalue weighted by Crippen LogP contribution is 2.20. The van der Waals surface area contributed by atoms with E-state index >= 15 is 0 Å². The normalized spacial score (nSPS) is 20.2. The third kappa shape index (κ3) is 2.22. The summed E-state index contributed by atoms with van der Waals surface area (Å²) < 4.78 is 1.01. The van der Waals surface area contributed by atoms with Gasteiger partial charge in [-0.05, 0) is 47.6 Å². The maximum Gasteiger partial charge on any atom is 0.255 e. The maximum atomic E-state index is 12.2. The summed E-state index contributed by atoms with van der Waals surface area (Å²) in [5.74, 6) is 0.0321. The van der Waals surface area contributed by atoms with Crippen molar-refractivity contribution in [2.45, 2.75) is 19.4 Å². The Morgan fingerprint density at radius 2 is 2.31 bits per heavy atom. The van der Waals surface area contributed by atoms with Gasteiger partial charge in [0.2, 0.25) is 0 Å². The van der Waals surface area contributed by atoms with Gasteiger partial charge in [0.05, 0.1) is 11.7 Å². The number of aryl methyl sites for hydroxylation is 1. The van der Waals surface area contributed by atoms with Crippen LogP contribution in [0.5, 0.6) is 0 Å². The van der Waals surface area contributed by atoms with Crippen LogP contribution in [-0.4, -0.2) is 35.1 Å². The minimum Gasteiger partial charge on any atom is -0.391 e. The van der Waals surface area contributed by atoms with Gasteiger partial charge in [0.15, 0.2) is 0 Å². The summed E-state index contributed by atoms with van der Waals surface area (Å²) >= 11 is 2.20. The third-order valence-corrected chi connectivity index (χ3v) is 4.30. The second kappa shape index (κ2) is 4.71. The van der Waals surface area contributed by atoms with Gasteiger partial charge in [0, 0.05) is 16.7 Å². The molecular weight excluding hydrogens is 317 g/mol. The Morgan fingerprint density at radius 3 is 2.94 bits per heavy atom. The number of likely N-dealkylation sites (tertiary alicyclic amines) is 1. The van der Waals surface area contributed by atoms with Crippen molar-refractivity contribution in [2.24, 2.45) is 0 Å². The molecule has 0 spiro atoms. The van der Waals surface area contributed by atoms with E-state index in [0.717, 1.165) is 14.7 Å². The van der Waals surface area contributed by atoms with Crippen LogP contribution in [-0.2, 0) is 0 Å². The first kappa shape index (κ1) is 11.9. The highest BCUT2D eigenvalue weighted by Gasteiger charge is 2.26. The maximum absolute atomic E-state index is 12.2. The fourth-order valence-electron chi connectivity index (χ4n) is 1.91. The van der Waals surface area contributed by atoms with Crippen LogP contribution >= 0.6 is 22.6 Å². The van der Waals surface area contributed by atoms with Gasteiger partial charge in [0.25, 0.3) is 5.91 Å². The number of rotatable bonds is 1. The molecule has 4 heteroatoms. The average Bonchev–Trinajstić information content (AvgIpc) is 2.68. The zero-order valence-electron chi connectivity index (χ0n) is 9.11. The Kier molecular flexibility index (Phi) is 3.49. The number of carbonyl (C=O) groups is 1. The summed E-state index contributed by atoms with van der Waals surface area (Å²) in [4.78, 5) is 13.9. The van der Waals surface area contributed by atoms with E-state index in [1.807, 2.05) is 25.1 Å². The number of β-amino-alcohol motifs (C(OH)–C–C–N with tert-alkyl or cyclic N) is 1. The SMILES string of the molecule is Cc1cccc(C(=O)N2CC[C@H](O)C2)c1I. The molecule has 2 rings (SSSR count). The van der Waals surface area contributed by atoms with E-state index in [9.17, 15) is 9.90 Å². The van der Waals surface area contributed by atoms with Crippen LogP contribution in [0.1, 0.15) is 22.3 Å². The predicted molar refractivity (Wildman–Crippen MR) is 70.4 cm³/mol. The summed E-state index contributed by atoms with van der Waals surface area (Å²) in [6, 6.07) is 5.75. The smallest absolute Gasteiger partial charge is 0.255 e. The summed E-state index contributed by atoms with van der Waals surface area (Å²) in [7, 11) is 0. The number of amides is 1. The lowest BCUT2D eigenvalue weighted by Gasteiger charge is -2.17. The van der Waals surface area contributed by atoms with Crippen molar-refractivity contribution in [1.82, 2.24) is 4.90 Å². The van der Waals surface area contributed by atoms with Gasteiger partial charge in [-0.1, -0.05) is 12.1 Å². The molecule has 1 heterocycles. The molecule has 1 N–H and O–H groups in total. The zero-order chi connectivity index (χ0) is 11.7. The van der Waals surface area contributed by atoms with Crippen LogP contribution in [0.25, 0.3) is 0 Å². The van der Waals surface area contributed by atoms with Crippen molar-refractivity contribution >= 4 is 28.5 Å². The lowest BCUT2D eigenvalue weighted by atomic mass is 10.1. The van der Waals surface area contributed by atoms with Gasteiger partial charge >= 0.3 is 0 Å². The molecular formula is C12H14INO2. The molecule has 1 saturated heterocycles. The highest BCUT2D eigenvalue weighted by molar-refractivity contribution is 14.1. The van der Waals surface area contributed by atoms with E-state index in [1.54, 1.807) is 4.90 Å². The van der Waals surface area contributed by atoms with Crippen LogP contribution in [0.3, 0.4) is 0 Å². The molecule has 0 saturated carbocycles. The topological polar surface area (TPSA) is 40.5 Å². The van der Waals surface area contributed by atoms with Gasteiger partial charge in [-0.25, -0.2) is 0 Å². The lowest BCUT2D eigenvalue weighted by Crippen LogP contribution is -2.30. The number of benzene rings is 1. The quantitative estimate of drug-likeness (QED) is 0.798. The average molecular weight is 331 g/mol. The van der Waals surface area contributed by atoms with E-state index < -0.39 is 0 Å². The molecule has 0 aliphatic carbocycles. The lowest BCUT2D eigenvalue weighted by molar-refractivity contribution is 0.0764. The molecule has 0 unspecified atom stereocenters. The molecule has 16 heavy (non-hydrogen) atoms. The van der Waals surface area contributed by atoms with E-state index in [1.165, 1.54) is 0 Å². The van der Waals surface area contributed by atoms with Gasteiger partial charge in [-0.15, -0.1) is 0 Å². The van der Waals surface area contributed by atoms with E-state index in [-0.39, 0.29) is 12.0 Å². The molecule has 1 atom stereocenters. The molecule has 1 aliphatic heterocycles. The summed E-state index contributed by atoms with van der Waals surface area (Å²) in [6.07, 6.45) is 0.333. The first-order chi connectivity index (χ1) is 7.59. The molecule has 1 aromatic rings. The van der Waals surface area contributed by atoms with Gasteiger partial charge in [-0.3, -0.25) is 4.79 Å². The number of aliphatic hydroxyl groups is 1. The Bertz CT molecular complexity index is 419. The fraction of sp³-hybridized carbons (Fsp3) is 0.417. The van der Waals surface area contributed by atoms with Gasteiger partial charge < -0.3 is 10.0 Å². The fourth-order valence-corrected chi connectivity index (χ4v) is 2.50. The Balaban J connectivity index is 2.24.